The highest BCUT2D eigenvalue weighted by molar-refractivity contribution is 7.98. The van der Waals surface area contributed by atoms with Crippen molar-refractivity contribution in [2.45, 2.75) is 11.8 Å². The van der Waals surface area contributed by atoms with Crippen LogP contribution in [0.15, 0.2) is 30.3 Å². The first-order valence-electron chi connectivity index (χ1n) is 5.57. The molecule has 1 heterocycles. The van der Waals surface area contributed by atoms with Gasteiger partial charge in [-0.1, -0.05) is 18.2 Å². The van der Waals surface area contributed by atoms with Gasteiger partial charge in [0.1, 0.15) is 6.04 Å². The summed E-state index contributed by atoms with van der Waals surface area (Å²) in [7, 11) is 0. The smallest absolute Gasteiger partial charge is 0.321 e. The molecule has 0 amide bonds. The summed E-state index contributed by atoms with van der Waals surface area (Å²) in [4.78, 5) is 10.6. The first kappa shape index (κ1) is 13.5. The molecule has 0 fully saturated rings. The molecular weight excluding hydrogens is 266 g/mol. The summed E-state index contributed by atoms with van der Waals surface area (Å²) >= 11 is 1.39. The minimum Gasteiger partial charge on any atom is -0.480 e. The summed E-state index contributed by atoms with van der Waals surface area (Å²) in [5.74, 6) is 0.476. The van der Waals surface area contributed by atoms with Crippen molar-refractivity contribution in [3.63, 3.8) is 0 Å². The molecule has 2 aromatic rings. The topological polar surface area (TPSA) is 107 Å². The molecule has 0 spiro atoms. The first-order chi connectivity index (χ1) is 9.18. The lowest BCUT2D eigenvalue weighted by atomic mass is 10.3. The van der Waals surface area contributed by atoms with Gasteiger partial charge in [-0.05, 0) is 22.6 Å². The second-order valence-electron chi connectivity index (χ2n) is 3.80. The Morgan fingerprint density at radius 1 is 1.42 bits per heavy atom. The molecule has 1 aromatic carbocycles. The van der Waals surface area contributed by atoms with Gasteiger partial charge < -0.3 is 10.8 Å². The van der Waals surface area contributed by atoms with Gasteiger partial charge >= 0.3 is 5.97 Å². The molecule has 8 heteroatoms. The summed E-state index contributed by atoms with van der Waals surface area (Å²) < 4.78 is 1.62. The van der Waals surface area contributed by atoms with E-state index in [1.165, 1.54) is 11.8 Å². The van der Waals surface area contributed by atoms with Gasteiger partial charge in [-0.3, -0.25) is 4.79 Å². The zero-order chi connectivity index (χ0) is 13.7. The zero-order valence-corrected chi connectivity index (χ0v) is 10.8. The van der Waals surface area contributed by atoms with E-state index in [9.17, 15) is 4.79 Å². The molecule has 100 valence electrons. The molecule has 0 saturated carbocycles. The van der Waals surface area contributed by atoms with Gasteiger partial charge in [-0.25, -0.2) is 0 Å². The highest BCUT2D eigenvalue weighted by Gasteiger charge is 2.13. The van der Waals surface area contributed by atoms with Gasteiger partial charge in [0.2, 0.25) is 0 Å². The minimum atomic E-state index is -1.00. The molecule has 1 aromatic heterocycles. The number of carbonyl (C=O) groups is 1. The van der Waals surface area contributed by atoms with Crippen molar-refractivity contribution < 1.29 is 9.90 Å². The molecule has 1 atom stereocenters. The molecule has 19 heavy (non-hydrogen) atoms. The molecule has 0 radical (unpaired) electrons. The predicted octanol–water partition coefficient (Wildman–Crippen LogP) is 0.307. The average molecular weight is 279 g/mol. The molecule has 0 bridgehead atoms. The Kier molecular flexibility index (Phi) is 4.48. The molecule has 7 nitrogen and oxygen atoms in total. The van der Waals surface area contributed by atoms with Crippen molar-refractivity contribution >= 4 is 17.7 Å². The van der Waals surface area contributed by atoms with Crippen LogP contribution in [0.25, 0.3) is 5.69 Å². The third-order valence-electron chi connectivity index (χ3n) is 2.38. The van der Waals surface area contributed by atoms with Crippen LogP contribution < -0.4 is 5.73 Å². The van der Waals surface area contributed by atoms with E-state index < -0.39 is 12.0 Å². The van der Waals surface area contributed by atoms with Crippen LogP contribution in [0.5, 0.6) is 0 Å². The van der Waals surface area contributed by atoms with E-state index in [0.717, 1.165) is 5.69 Å². The lowest BCUT2D eigenvalue weighted by molar-refractivity contribution is -0.137. The van der Waals surface area contributed by atoms with E-state index >= 15 is 0 Å². The van der Waals surface area contributed by atoms with Crippen molar-refractivity contribution in [3.05, 3.63) is 36.2 Å². The standard InChI is InChI=1S/C11H13N5O2S/c12-9(11(17)18)6-19-7-10-13-14-15-16(10)8-4-2-1-3-5-8/h1-5,9H,6-7,12H2,(H,17,18)/t9-/m0/s1. The molecular formula is C11H13N5O2S. The Labute approximate surface area is 113 Å². The number of carboxylic acid groups (broad SMARTS) is 1. The monoisotopic (exact) mass is 279 g/mol. The summed E-state index contributed by atoms with van der Waals surface area (Å²) in [6.45, 7) is 0. The van der Waals surface area contributed by atoms with Gasteiger partial charge in [0.15, 0.2) is 5.82 Å². The van der Waals surface area contributed by atoms with Crippen LogP contribution in [0.2, 0.25) is 0 Å². The lowest BCUT2D eigenvalue weighted by Crippen LogP contribution is -2.32. The molecule has 0 unspecified atom stereocenters. The second kappa shape index (κ2) is 6.30. The van der Waals surface area contributed by atoms with E-state index in [-0.39, 0.29) is 0 Å². The van der Waals surface area contributed by atoms with Crippen LogP contribution in [0.1, 0.15) is 5.82 Å². The quantitative estimate of drug-likeness (QED) is 0.783. The van der Waals surface area contributed by atoms with E-state index in [1.807, 2.05) is 30.3 Å². The predicted molar refractivity (Wildman–Crippen MR) is 70.9 cm³/mol. The second-order valence-corrected chi connectivity index (χ2v) is 4.83. The molecule has 0 aliphatic heterocycles. The fourth-order valence-corrected chi connectivity index (χ4v) is 2.29. The number of nitrogens with two attached hydrogens (primary N) is 1. The highest BCUT2D eigenvalue weighted by atomic mass is 32.2. The largest absolute Gasteiger partial charge is 0.480 e. The molecule has 2 rings (SSSR count). The number of thioether (sulfide) groups is 1. The summed E-state index contributed by atoms with van der Waals surface area (Å²) in [6.07, 6.45) is 0. The molecule has 0 aliphatic carbocycles. The number of aromatic nitrogens is 4. The van der Waals surface area contributed by atoms with Crippen LogP contribution in [-0.2, 0) is 10.5 Å². The van der Waals surface area contributed by atoms with E-state index in [4.69, 9.17) is 10.8 Å². The number of carboxylic acids is 1. The Morgan fingerprint density at radius 3 is 2.84 bits per heavy atom. The van der Waals surface area contributed by atoms with Gasteiger partial charge in [-0.15, -0.1) is 5.10 Å². The van der Waals surface area contributed by atoms with Crippen LogP contribution in [0, 0.1) is 0 Å². The van der Waals surface area contributed by atoms with Gasteiger partial charge in [-0.2, -0.15) is 16.4 Å². The Hall–Kier alpha value is -1.93. The van der Waals surface area contributed by atoms with Crippen molar-refractivity contribution in [2.75, 3.05) is 5.75 Å². The van der Waals surface area contributed by atoms with Crippen LogP contribution >= 0.6 is 11.8 Å². The maximum atomic E-state index is 10.6. The van der Waals surface area contributed by atoms with Crippen molar-refractivity contribution in [1.29, 1.82) is 0 Å². The van der Waals surface area contributed by atoms with Crippen LogP contribution in [0.4, 0.5) is 0 Å². The van der Waals surface area contributed by atoms with E-state index in [1.54, 1.807) is 4.68 Å². The SMILES string of the molecule is N[C@@H](CSCc1nnnn1-c1ccccc1)C(=O)O. The number of benzene rings is 1. The van der Waals surface area contributed by atoms with E-state index in [0.29, 0.717) is 17.3 Å². The van der Waals surface area contributed by atoms with Gasteiger partial charge in [0.25, 0.3) is 0 Å². The van der Waals surface area contributed by atoms with Gasteiger partial charge in [0, 0.05) is 5.75 Å². The Bertz CT molecular complexity index is 545. The number of tetrazole rings is 1. The van der Waals surface area contributed by atoms with Crippen molar-refractivity contribution in [2.24, 2.45) is 5.73 Å². The maximum absolute atomic E-state index is 10.6. The first-order valence-corrected chi connectivity index (χ1v) is 6.73. The Balaban J connectivity index is 1.99. The number of aliphatic carboxylic acids is 1. The highest BCUT2D eigenvalue weighted by Crippen LogP contribution is 2.13. The number of hydrogen-bond donors (Lipinski definition) is 2. The average Bonchev–Trinajstić information content (AvgIpc) is 2.88. The van der Waals surface area contributed by atoms with Crippen molar-refractivity contribution in [1.82, 2.24) is 20.2 Å². The number of nitrogens with zero attached hydrogens (tertiary/aromatic N) is 4. The third kappa shape index (κ3) is 3.52. The number of rotatable bonds is 6. The summed E-state index contributed by atoms with van der Waals surface area (Å²) in [5.41, 5.74) is 6.29. The zero-order valence-electron chi connectivity index (χ0n) is 10.0. The molecule has 3 N–H and O–H groups in total. The van der Waals surface area contributed by atoms with Crippen molar-refractivity contribution in [3.8, 4) is 5.69 Å². The van der Waals surface area contributed by atoms with Crippen LogP contribution in [-0.4, -0.2) is 43.1 Å². The fourth-order valence-electron chi connectivity index (χ4n) is 1.41. The van der Waals surface area contributed by atoms with E-state index in [2.05, 4.69) is 15.5 Å². The fraction of sp³-hybridized carbons (Fsp3) is 0.273. The van der Waals surface area contributed by atoms with Crippen LogP contribution in [0.3, 0.4) is 0 Å². The molecule has 0 saturated heterocycles. The third-order valence-corrected chi connectivity index (χ3v) is 3.44. The lowest BCUT2D eigenvalue weighted by Gasteiger charge is -2.06. The number of hydrogen-bond acceptors (Lipinski definition) is 6. The maximum Gasteiger partial charge on any atom is 0.321 e. The normalized spacial score (nSPS) is 12.3. The molecule has 0 aliphatic rings. The summed E-state index contributed by atoms with van der Waals surface area (Å²) in [5, 5.41) is 20.2. The Morgan fingerprint density at radius 2 is 2.16 bits per heavy atom. The van der Waals surface area contributed by atoms with Gasteiger partial charge in [0.05, 0.1) is 11.4 Å². The summed E-state index contributed by atoms with van der Waals surface area (Å²) in [6, 6.07) is 8.63. The minimum absolute atomic E-state index is 0.316. The number of para-hydroxylation sites is 1.